The van der Waals surface area contributed by atoms with Crippen LogP contribution in [0.4, 0.5) is 19.0 Å². The zero-order chi connectivity index (χ0) is 24.7. The maximum atomic E-state index is 13.4. The van der Waals surface area contributed by atoms with E-state index < -0.39 is 35.6 Å². The number of methoxy groups -OCH3 is 1. The molecule has 1 aliphatic rings. The van der Waals surface area contributed by atoms with E-state index in [0.29, 0.717) is 32.4 Å². The summed E-state index contributed by atoms with van der Waals surface area (Å²) in [4.78, 5) is 30.3. The summed E-state index contributed by atoms with van der Waals surface area (Å²) < 4.78 is 50.5. The van der Waals surface area contributed by atoms with Crippen molar-refractivity contribution in [1.29, 1.82) is 0 Å². The predicted octanol–water partition coefficient (Wildman–Crippen LogP) is 3.62. The first-order valence-electron chi connectivity index (χ1n) is 11.1. The Morgan fingerprint density at radius 2 is 1.97 bits per heavy atom. The second-order valence-electron chi connectivity index (χ2n) is 8.13. The SMILES string of the molecule is COc1ccc(CCNC(=O)C(C)OC(=O)C2CCCN(c3ncccc3C(F)(F)F)C2)cc1. The number of esters is 1. The van der Waals surface area contributed by atoms with Crippen molar-refractivity contribution in [2.75, 3.05) is 31.6 Å². The van der Waals surface area contributed by atoms with E-state index in [1.54, 1.807) is 7.11 Å². The van der Waals surface area contributed by atoms with Crippen LogP contribution >= 0.6 is 0 Å². The van der Waals surface area contributed by atoms with Crippen molar-refractivity contribution >= 4 is 17.7 Å². The highest BCUT2D eigenvalue weighted by Gasteiger charge is 2.38. The van der Waals surface area contributed by atoms with Crippen molar-refractivity contribution in [2.24, 2.45) is 5.92 Å². The van der Waals surface area contributed by atoms with Crippen LogP contribution in [0.15, 0.2) is 42.6 Å². The minimum atomic E-state index is -4.55. The Kier molecular flexibility index (Phi) is 8.36. The number of rotatable bonds is 8. The highest BCUT2D eigenvalue weighted by Crippen LogP contribution is 2.36. The van der Waals surface area contributed by atoms with Crippen LogP contribution in [0.25, 0.3) is 0 Å². The topological polar surface area (TPSA) is 80.8 Å². The van der Waals surface area contributed by atoms with Crippen LogP contribution in [0.2, 0.25) is 0 Å². The number of carbonyl (C=O) groups excluding carboxylic acids is 2. The van der Waals surface area contributed by atoms with Crippen LogP contribution in [0.5, 0.6) is 5.75 Å². The van der Waals surface area contributed by atoms with Gasteiger partial charge in [-0.2, -0.15) is 13.2 Å². The van der Waals surface area contributed by atoms with Gasteiger partial charge in [0, 0.05) is 25.8 Å². The number of amides is 1. The third-order valence-corrected chi connectivity index (χ3v) is 5.68. The van der Waals surface area contributed by atoms with Crippen molar-refractivity contribution in [3.8, 4) is 5.75 Å². The smallest absolute Gasteiger partial charge is 0.419 e. The molecule has 0 saturated carbocycles. The molecule has 1 fully saturated rings. The Morgan fingerprint density at radius 3 is 2.65 bits per heavy atom. The Morgan fingerprint density at radius 1 is 1.24 bits per heavy atom. The monoisotopic (exact) mass is 479 g/mol. The number of hydrogen-bond acceptors (Lipinski definition) is 6. The molecule has 0 bridgehead atoms. The maximum Gasteiger partial charge on any atom is 0.419 e. The lowest BCUT2D eigenvalue weighted by molar-refractivity contribution is -0.159. The van der Waals surface area contributed by atoms with E-state index in [9.17, 15) is 22.8 Å². The summed E-state index contributed by atoms with van der Waals surface area (Å²) in [7, 11) is 1.58. The van der Waals surface area contributed by atoms with Gasteiger partial charge in [0.2, 0.25) is 0 Å². The van der Waals surface area contributed by atoms with Gasteiger partial charge in [-0.1, -0.05) is 12.1 Å². The van der Waals surface area contributed by atoms with E-state index in [4.69, 9.17) is 9.47 Å². The van der Waals surface area contributed by atoms with E-state index in [0.717, 1.165) is 17.4 Å². The third-order valence-electron chi connectivity index (χ3n) is 5.68. The molecule has 1 aliphatic heterocycles. The molecule has 2 unspecified atom stereocenters. The molecule has 34 heavy (non-hydrogen) atoms. The Hall–Kier alpha value is -3.30. The fourth-order valence-electron chi connectivity index (χ4n) is 3.82. The molecule has 0 spiro atoms. The molecule has 2 atom stereocenters. The number of halogens is 3. The summed E-state index contributed by atoms with van der Waals surface area (Å²) in [6, 6.07) is 9.67. The lowest BCUT2D eigenvalue weighted by atomic mass is 9.97. The molecular formula is C24H28F3N3O4. The molecule has 1 saturated heterocycles. The van der Waals surface area contributed by atoms with Crippen LogP contribution in [0.3, 0.4) is 0 Å². The Balaban J connectivity index is 1.51. The largest absolute Gasteiger partial charge is 0.497 e. The lowest BCUT2D eigenvalue weighted by Crippen LogP contribution is -2.43. The van der Waals surface area contributed by atoms with Crippen molar-refractivity contribution in [2.45, 2.75) is 38.5 Å². The third kappa shape index (κ3) is 6.61. The van der Waals surface area contributed by atoms with Gasteiger partial charge in [-0.05, 0) is 56.0 Å². The molecule has 3 rings (SSSR count). The van der Waals surface area contributed by atoms with Crippen molar-refractivity contribution in [3.63, 3.8) is 0 Å². The van der Waals surface area contributed by atoms with Crippen LogP contribution in [-0.2, 0) is 26.9 Å². The Bertz CT molecular complexity index is 982. The highest BCUT2D eigenvalue weighted by molar-refractivity contribution is 5.84. The average molecular weight is 479 g/mol. The highest BCUT2D eigenvalue weighted by atomic mass is 19.4. The van der Waals surface area contributed by atoms with Crippen molar-refractivity contribution < 1.29 is 32.2 Å². The van der Waals surface area contributed by atoms with Crippen LogP contribution in [0, 0.1) is 5.92 Å². The number of ether oxygens (including phenoxy) is 2. The quantitative estimate of drug-likeness (QED) is 0.583. The summed E-state index contributed by atoms with van der Waals surface area (Å²) in [5.74, 6) is -1.14. The number of carbonyl (C=O) groups is 2. The number of pyridine rings is 1. The predicted molar refractivity (Wildman–Crippen MR) is 119 cm³/mol. The molecule has 184 valence electrons. The molecule has 2 aromatic rings. The number of anilines is 1. The zero-order valence-electron chi connectivity index (χ0n) is 19.1. The molecule has 1 amide bonds. The standard InChI is InChI=1S/C24H28F3N3O4/c1-16(22(31)29-13-11-17-7-9-19(33-2)10-8-17)34-23(32)18-5-4-14-30(15-18)21-20(24(25,26)27)6-3-12-28-21/h3,6-10,12,16,18H,4-5,11,13-15H2,1-2H3,(H,29,31). The molecule has 1 N–H and O–H groups in total. The number of aromatic nitrogens is 1. The summed E-state index contributed by atoms with van der Waals surface area (Å²) in [5, 5.41) is 2.73. The van der Waals surface area contributed by atoms with Crippen LogP contribution in [-0.4, -0.2) is 49.7 Å². The minimum absolute atomic E-state index is 0.0464. The molecule has 0 radical (unpaired) electrons. The van der Waals surface area contributed by atoms with Gasteiger partial charge in [0.15, 0.2) is 6.10 Å². The van der Waals surface area contributed by atoms with E-state index in [1.165, 1.54) is 24.1 Å². The fraction of sp³-hybridized carbons (Fsp3) is 0.458. The maximum absolute atomic E-state index is 13.4. The summed E-state index contributed by atoms with van der Waals surface area (Å²) in [5.41, 5.74) is 0.175. The van der Waals surface area contributed by atoms with E-state index >= 15 is 0 Å². The number of nitrogens with zero attached hydrogens (tertiary/aromatic N) is 2. The van der Waals surface area contributed by atoms with Gasteiger partial charge in [0.1, 0.15) is 11.6 Å². The molecular weight excluding hydrogens is 451 g/mol. The van der Waals surface area contributed by atoms with Gasteiger partial charge in [-0.15, -0.1) is 0 Å². The number of benzene rings is 1. The van der Waals surface area contributed by atoms with E-state index in [2.05, 4.69) is 10.3 Å². The number of nitrogens with one attached hydrogen (secondary N) is 1. The molecule has 1 aromatic heterocycles. The zero-order valence-corrected chi connectivity index (χ0v) is 19.1. The van der Waals surface area contributed by atoms with Crippen molar-refractivity contribution in [3.05, 3.63) is 53.7 Å². The van der Waals surface area contributed by atoms with Crippen LogP contribution in [0.1, 0.15) is 30.9 Å². The summed E-state index contributed by atoms with van der Waals surface area (Å²) in [6.07, 6.45) is -2.69. The van der Waals surface area contributed by atoms with E-state index in [1.807, 2.05) is 24.3 Å². The van der Waals surface area contributed by atoms with E-state index in [-0.39, 0.29) is 12.4 Å². The second-order valence-corrected chi connectivity index (χ2v) is 8.13. The second kappa shape index (κ2) is 11.2. The van der Waals surface area contributed by atoms with Gasteiger partial charge < -0.3 is 19.7 Å². The Labute approximate surface area is 196 Å². The first-order valence-corrected chi connectivity index (χ1v) is 11.1. The van der Waals surface area contributed by atoms with Gasteiger partial charge in [0.25, 0.3) is 5.91 Å². The molecule has 1 aromatic carbocycles. The van der Waals surface area contributed by atoms with Crippen LogP contribution < -0.4 is 15.0 Å². The lowest BCUT2D eigenvalue weighted by Gasteiger charge is -2.34. The molecule has 7 nitrogen and oxygen atoms in total. The molecule has 2 heterocycles. The van der Waals surface area contributed by atoms with Gasteiger partial charge in [0.05, 0.1) is 18.6 Å². The average Bonchev–Trinajstić information content (AvgIpc) is 2.84. The normalized spacial score (nSPS) is 17.1. The summed E-state index contributed by atoms with van der Waals surface area (Å²) in [6.45, 7) is 2.24. The molecule has 0 aliphatic carbocycles. The number of hydrogen-bond donors (Lipinski definition) is 1. The minimum Gasteiger partial charge on any atom is -0.497 e. The number of piperidine rings is 1. The molecule has 10 heteroatoms. The first kappa shape index (κ1) is 25.3. The van der Waals surface area contributed by atoms with Gasteiger partial charge >= 0.3 is 12.1 Å². The van der Waals surface area contributed by atoms with Gasteiger partial charge in [-0.25, -0.2) is 4.98 Å². The summed E-state index contributed by atoms with van der Waals surface area (Å²) >= 11 is 0. The van der Waals surface area contributed by atoms with Crippen molar-refractivity contribution in [1.82, 2.24) is 10.3 Å². The fourth-order valence-corrected chi connectivity index (χ4v) is 3.82. The number of alkyl halides is 3. The van der Waals surface area contributed by atoms with Gasteiger partial charge in [-0.3, -0.25) is 9.59 Å². The first-order chi connectivity index (χ1) is 16.2.